The topological polar surface area (TPSA) is 173 Å². The number of aliphatic hydroxyl groups is 2. The van der Waals surface area contributed by atoms with Crippen LogP contribution in [0.4, 0.5) is 4.79 Å². The molecule has 1 heterocycles. The van der Waals surface area contributed by atoms with E-state index in [1.807, 2.05) is 0 Å². The highest BCUT2D eigenvalue weighted by molar-refractivity contribution is 5.96. The first kappa shape index (κ1) is 24.4. The fraction of sp³-hybridized carbons (Fsp3) is 0.611. The molecule has 11 nitrogen and oxygen atoms in total. The molecule has 164 valence electrons. The number of nitrogens with one attached hydrogen (secondary N) is 2. The second kappa shape index (κ2) is 10.2. The number of rotatable bonds is 8. The van der Waals surface area contributed by atoms with Crippen LogP contribution in [-0.4, -0.2) is 66.2 Å². The molecule has 2 amide bonds. The van der Waals surface area contributed by atoms with Gasteiger partial charge in [-0.15, -0.1) is 0 Å². The maximum atomic E-state index is 12.3. The largest absolute Gasteiger partial charge is 0.468 e. The van der Waals surface area contributed by atoms with E-state index in [9.17, 15) is 24.6 Å². The van der Waals surface area contributed by atoms with Gasteiger partial charge in [-0.1, -0.05) is 0 Å². The summed E-state index contributed by atoms with van der Waals surface area (Å²) in [6, 6.07) is 0.0421. The number of methoxy groups -OCH3 is 1. The average Bonchev–Trinajstić information content (AvgIpc) is 3.02. The number of hydrogen-bond donors (Lipinski definition) is 5. The van der Waals surface area contributed by atoms with Gasteiger partial charge in [0.15, 0.2) is 0 Å². The monoisotopic (exact) mass is 415 g/mol. The maximum absolute atomic E-state index is 12.3. The van der Waals surface area contributed by atoms with Gasteiger partial charge in [0, 0.05) is 6.54 Å². The maximum Gasteiger partial charge on any atom is 0.408 e. The van der Waals surface area contributed by atoms with E-state index in [0.717, 1.165) is 0 Å². The lowest BCUT2D eigenvalue weighted by Gasteiger charge is -2.27. The van der Waals surface area contributed by atoms with Crippen molar-refractivity contribution in [1.82, 2.24) is 10.6 Å². The number of carbonyl (C=O) groups excluding carboxylic acids is 3. The Morgan fingerprint density at radius 2 is 1.90 bits per heavy atom. The number of carbonyl (C=O) groups is 3. The number of amides is 2. The molecule has 1 aromatic rings. The first-order chi connectivity index (χ1) is 13.4. The minimum absolute atomic E-state index is 0.00317. The molecule has 0 radical (unpaired) electrons. The van der Waals surface area contributed by atoms with Gasteiger partial charge in [-0.3, -0.25) is 9.59 Å². The zero-order chi connectivity index (χ0) is 22.4. The molecule has 1 rings (SSSR count). The highest BCUT2D eigenvalue weighted by Crippen LogP contribution is 2.25. The van der Waals surface area contributed by atoms with Crippen molar-refractivity contribution >= 4 is 18.0 Å². The van der Waals surface area contributed by atoms with E-state index in [0.29, 0.717) is 0 Å². The molecule has 0 saturated heterocycles. The molecule has 1 aromatic heterocycles. The van der Waals surface area contributed by atoms with Crippen LogP contribution in [0.2, 0.25) is 0 Å². The van der Waals surface area contributed by atoms with Crippen molar-refractivity contribution in [2.45, 2.75) is 51.5 Å². The van der Waals surface area contributed by atoms with E-state index in [2.05, 4.69) is 15.4 Å². The summed E-state index contributed by atoms with van der Waals surface area (Å²) in [5.74, 6) is -1.08. The summed E-state index contributed by atoms with van der Waals surface area (Å²) in [5.41, 5.74) is 4.67. The number of alkyl carbamates (subject to hydrolysis) is 1. The van der Waals surface area contributed by atoms with Crippen molar-refractivity contribution in [1.29, 1.82) is 0 Å². The number of aryl methyl sites for hydroxylation is 1. The summed E-state index contributed by atoms with van der Waals surface area (Å²) < 4.78 is 15.1. The van der Waals surface area contributed by atoms with Crippen LogP contribution in [0.5, 0.6) is 0 Å². The molecule has 0 saturated carbocycles. The zero-order valence-electron chi connectivity index (χ0n) is 17.1. The van der Waals surface area contributed by atoms with Crippen molar-refractivity contribution in [3.8, 4) is 0 Å². The van der Waals surface area contributed by atoms with Crippen molar-refractivity contribution in [2.75, 3.05) is 20.2 Å². The Kier molecular flexibility index (Phi) is 8.61. The normalized spacial score (nSPS) is 14.5. The molecule has 0 aromatic carbocycles. The Bertz CT molecular complexity index is 725. The second-order valence-corrected chi connectivity index (χ2v) is 7.29. The number of aliphatic hydroxyl groups excluding tert-OH is 2. The molecule has 0 aliphatic heterocycles. The highest BCUT2D eigenvalue weighted by Gasteiger charge is 2.33. The van der Waals surface area contributed by atoms with Gasteiger partial charge in [-0.2, -0.15) is 0 Å². The molecule has 0 fully saturated rings. The number of esters is 1. The van der Waals surface area contributed by atoms with Crippen LogP contribution >= 0.6 is 0 Å². The first-order valence-corrected chi connectivity index (χ1v) is 8.90. The summed E-state index contributed by atoms with van der Waals surface area (Å²) >= 11 is 0. The van der Waals surface area contributed by atoms with Crippen LogP contribution in [0.1, 0.15) is 48.7 Å². The van der Waals surface area contributed by atoms with Gasteiger partial charge < -0.3 is 40.5 Å². The van der Waals surface area contributed by atoms with Crippen molar-refractivity contribution < 1.29 is 38.5 Å². The summed E-state index contributed by atoms with van der Waals surface area (Å²) in [6.45, 7) is 5.85. The van der Waals surface area contributed by atoms with Crippen molar-refractivity contribution in [3.63, 3.8) is 0 Å². The van der Waals surface area contributed by atoms with E-state index in [-0.39, 0.29) is 30.2 Å². The molecule has 0 aliphatic rings. The van der Waals surface area contributed by atoms with Gasteiger partial charge >= 0.3 is 12.1 Å². The van der Waals surface area contributed by atoms with Crippen LogP contribution in [0.25, 0.3) is 0 Å². The third kappa shape index (κ3) is 7.37. The fourth-order valence-electron chi connectivity index (χ4n) is 2.32. The lowest BCUT2D eigenvalue weighted by molar-refractivity contribution is -0.139. The first-order valence-electron chi connectivity index (χ1n) is 8.90. The fourth-order valence-corrected chi connectivity index (χ4v) is 2.32. The van der Waals surface area contributed by atoms with Gasteiger partial charge in [0.2, 0.25) is 0 Å². The molecular weight excluding hydrogens is 386 g/mol. The standard InChI is InChI=1S/C18H29N3O8/c1-9-10(16(25)20-8-13(23)27-5)6-12(28-9)14(15(24)11(22)7-19)21-17(26)29-18(2,3)4/h6,11,14-15,22,24H,7-8,19H2,1-5H3,(H,20,25)(H,21,26)/t11-,14+,15-/m1/s1. The summed E-state index contributed by atoms with van der Waals surface area (Å²) in [6.07, 6.45) is -3.78. The molecule has 0 unspecified atom stereocenters. The Labute approximate surface area is 168 Å². The predicted molar refractivity (Wildman–Crippen MR) is 101 cm³/mol. The molecular formula is C18H29N3O8. The zero-order valence-corrected chi connectivity index (χ0v) is 17.1. The minimum Gasteiger partial charge on any atom is -0.468 e. The summed E-state index contributed by atoms with van der Waals surface area (Å²) in [5, 5.41) is 25.1. The molecule has 29 heavy (non-hydrogen) atoms. The van der Waals surface area contributed by atoms with E-state index >= 15 is 0 Å². The molecule has 0 aliphatic carbocycles. The van der Waals surface area contributed by atoms with Crippen LogP contribution in [0.3, 0.4) is 0 Å². The Morgan fingerprint density at radius 1 is 1.28 bits per heavy atom. The lowest BCUT2D eigenvalue weighted by Crippen LogP contribution is -2.46. The second-order valence-electron chi connectivity index (χ2n) is 7.29. The van der Waals surface area contributed by atoms with E-state index in [1.54, 1.807) is 20.8 Å². The average molecular weight is 415 g/mol. The molecule has 11 heteroatoms. The van der Waals surface area contributed by atoms with Gasteiger partial charge in [-0.05, 0) is 33.8 Å². The van der Waals surface area contributed by atoms with Crippen molar-refractivity contribution in [3.05, 3.63) is 23.2 Å². The number of furan rings is 1. The molecule has 6 N–H and O–H groups in total. The summed E-state index contributed by atoms with van der Waals surface area (Å²) in [4.78, 5) is 35.6. The Hall–Kier alpha value is -2.63. The third-order valence-electron chi connectivity index (χ3n) is 3.76. The van der Waals surface area contributed by atoms with E-state index in [4.69, 9.17) is 14.9 Å². The van der Waals surface area contributed by atoms with Crippen LogP contribution in [-0.2, 0) is 14.3 Å². The minimum atomic E-state index is -1.54. The van der Waals surface area contributed by atoms with Gasteiger partial charge in [-0.25, -0.2) is 4.79 Å². The highest BCUT2D eigenvalue weighted by atomic mass is 16.6. The number of nitrogens with two attached hydrogens (primary N) is 1. The van der Waals surface area contributed by atoms with Gasteiger partial charge in [0.05, 0.1) is 18.8 Å². The Morgan fingerprint density at radius 3 is 2.41 bits per heavy atom. The van der Waals surface area contributed by atoms with E-state index < -0.39 is 41.8 Å². The lowest BCUT2D eigenvalue weighted by atomic mass is 10.0. The van der Waals surface area contributed by atoms with E-state index in [1.165, 1.54) is 20.1 Å². The quantitative estimate of drug-likeness (QED) is 0.358. The van der Waals surface area contributed by atoms with Crippen LogP contribution in [0.15, 0.2) is 10.5 Å². The van der Waals surface area contributed by atoms with Crippen LogP contribution in [0, 0.1) is 6.92 Å². The van der Waals surface area contributed by atoms with Crippen molar-refractivity contribution in [2.24, 2.45) is 5.73 Å². The summed E-state index contributed by atoms with van der Waals surface area (Å²) in [7, 11) is 1.19. The number of ether oxygens (including phenoxy) is 2. The van der Waals surface area contributed by atoms with Crippen LogP contribution < -0.4 is 16.4 Å². The molecule has 3 atom stereocenters. The predicted octanol–water partition coefficient (Wildman–Crippen LogP) is -0.263. The van der Waals surface area contributed by atoms with Gasteiger partial charge in [0.1, 0.15) is 35.8 Å². The molecule has 0 spiro atoms. The van der Waals surface area contributed by atoms with Gasteiger partial charge in [0.25, 0.3) is 5.91 Å². The smallest absolute Gasteiger partial charge is 0.408 e. The third-order valence-corrected chi connectivity index (χ3v) is 3.76. The number of hydrogen-bond acceptors (Lipinski definition) is 9. The SMILES string of the molecule is COC(=O)CNC(=O)c1cc([C@H](NC(=O)OC(C)(C)C)[C@H](O)[C@H](O)CN)oc1C. The Balaban J connectivity index is 3.11. The molecule has 0 bridgehead atoms.